The molecule has 12 heteroatoms. The third-order valence-electron chi connectivity index (χ3n) is 3.74. The highest BCUT2D eigenvalue weighted by Gasteiger charge is 2.81. The average Bonchev–Trinajstić information content (AvgIpc) is 2.61. The van der Waals surface area contributed by atoms with Crippen LogP contribution in [0.2, 0.25) is 0 Å². The Labute approximate surface area is 156 Å². The average molecular weight is 431 g/mol. The highest BCUT2D eigenvalue weighted by Crippen LogP contribution is 2.56. The van der Waals surface area contributed by atoms with Gasteiger partial charge >= 0.3 is 23.9 Å². The van der Waals surface area contributed by atoms with Crippen molar-refractivity contribution in [3.05, 3.63) is 59.7 Å². The van der Waals surface area contributed by atoms with Crippen molar-refractivity contribution in [1.82, 2.24) is 0 Å². The molecule has 2 aromatic rings. The largest absolute Gasteiger partial charge is 0.460 e. The SMILES string of the molecule is NC(=O)c1ccc(Oc2ccc(C(F)(F)C(F)(F)C(F)(F)C(F)(F)F)cc2)cc1. The van der Waals surface area contributed by atoms with E-state index in [4.69, 9.17) is 10.5 Å². The Bertz CT molecular complexity index is 875. The molecule has 0 radical (unpaired) electrons. The van der Waals surface area contributed by atoms with Crippen molar-refractivity contribution < 1.29 is 49.0 Å². The molecule has 29 heavy (non-hydrogen) atoms. The molecule has 0 fully saturated rings. The van der Waals surface area contributed by atoms with Crippen molar-refractivity contribution >= 4 is 5.91 Å². The Kier molecular flexibility index (Phi) is 5.52. The van der Waals surface area contributed by atoms with Crippen LogP contribution in [0.5, 0.6) is 11.5 Å². The lowest BCUT2D eigenvalue weighted by molar-refractivity contribution is -0.399. The highest BCUT2D eigenvalue weighted by atomic mass is 19.4. The van der Waals surface area contributed by atoms with Crippen molar-refractivity contribution in [2.75, 3.05) is 0 Å². The summed E-state index contributed by atoms with van der Waals surface area (Å²) >= 11 is 0. The maximum atomic E-state index is 13.8. The topological polar surface area (TPSA) is 52.3 Å². The number of hydrogen-bond acceptors (Lipinski definition) is 2. The number of amides is 1. The third-order valence-corrected chi connectivity index (χ3v) is 3.74. The predicted molar refractivity (Wildman–Crippen MR) is 81.3 cm³/mol. The van der Waals surface area contributed by atoms with Gasteiger partial charge < -0.3 is 10.5 Å². The molecule has 3 nitrogen and oxygen atoms in total. The Balaban J connectivity index is 2.27. The fraction of sp³-hybridized carbons (Fsp3) is 0.235. The van der Waals surface area contributed by atoms with Crippen LogP contribution in [0.25, 0.3) is 0 Å². The van der Waals surface area contributed by atoms with Crippen molar-refractivity contribution in [2.45, 2.75) is 23.9 Å². The van der Waals surface area contributed by atoms with Crippen LogP contribution in [0.3, 0.4) is 0 Å². The zero-order valence-corrected chi connectivity index (χ0v) is 13.9. The third kappa shape index (κ3) is 3.96. The van der Waals surface area contributed by atoms with Crippen molar-refractivity contribution in [3.8, 4) is 11.5 Å². The van der Waals surface area contributed by atoms with Gasteiger partial charge in [-0.05, 0) is 48.5 Å². The van der Waals surface area contributed by atoms with Crippen LogP contribution in [0.1, 0.15) is 15.9 Å². The smallest absolute Gasteiger partial charge is 0.457 e. The van der Waals surface area contributed by atoms with Crippen LogP contribution in [0, 0.1) is 0 Å². The van der Waals surface area contributed by atoms with E-state index in [1.54, 1.807) is 0 Å². The van der Waals surface area contributed by atoms with Gasteiger partial charge in [0.1, 0.15) is 11.5 Å². The molecule has 2 N–H and O–H groups in total. The van der Waals surface area contributed by atoms with Gasteiger partial charge in [-0.1, -0.05) is 0 Å². The lowest BCUT2D eigenvalue weighted by atomic mass is 9.97. The summed E-state index contributed by atoms with van der Waals surface area (Å²) in [5.74, 6) is -20.4. The van der Waals surface area contributed by atoms with E-state index in [2.05, 4.69) is 0 Å². The first-order valence-corrected chi connectivity index (χ1v) is 7.49. The zero-order chi connectivity index (χ0) is 22.3. The summed E-state index contributed by atoms with van der Waals surface area (Å²) in [6, 6.07) is 6.86. The second kappa shape index (κ2) is 7.16. The molecule has 0 bridgehead atoms. The molecule has 0 aliphatic carbocycles. The standard InChI is InChI=1S/C17H10F9NO2/c18-14(19,15(20,21)16(22,23)17(24,25)26)10-3-7-12(8-4-10)29-11-5-1-9(2-6-11)13(27)28/h1-8H,(H2,27,28). The second-order valence-electron chi connectivity index (χ2n) is 5.74. The van der Waals surface area contributed by atoms with Crippen LogP contribution >= 0.6 is 0 Å². The van der Waals surface area contributed by atoms with E-state index in [1.165, 1.54) is 24.3 Å². The van der Waals surface area contributed by atoms with Gasteiger partial charge in [-0.15, -0.1) is 0 Å². The van der Waals surface area contributed by atoms with Gasteiger partial charge in [0.25, 0.3) is 0 Å². The van der Waals surface area contributed by atoms with Gasteiger partial charge in [0.15, 0.2) is 0 Å². The normalized spacial score (nSPS) is 13.3. The van der Waals surface area contributed by atoms with Crippen LogP contribution in [0.4, 0.5) is 39.5 Å². The fourth-order valence-electron chi connectivity index (χ4n) is 2.11. The summed E-state index contributed by atoms with van der Waals surface area (Å²) in [7, 11) is 0. The number of rotatable bonds is 6. The number of halogens is 9. The summed E-state index contributed by atoms with van der Waals surface area (Å²) in [4.78, 5) is 10.9. The summed E-state index contributed by atoms with van der Waals surface area (Å²) in [5.41, 5.74) is 3.38. The van der Waals surface area contributed by atoms with E-state index in [-0.39, 0.29) is 29.2 Å². The monoisotopic (exact) mass is 431 g/mol. The number of benzene rings is 2. The van der Waals surface area contributed by atoms with E-state index in [0.29, 0.717) is 12.1 Å². The molecule has 0 aliphatic heterocycles. The first-order valence-electron chi connectivity index (χ1n) is 7.49. The first-order chi connectivity index (χ1) is 13.1. The number of hydrogen-bond donors (Lipinski definition) is 1. The summed E-state index contributed by atoms with van der Waals surface area (Å²) in [6.07, 6.45) is -6.89. The molecule has 0 heterocycles. The van der Waals surface area contributed by atoms with E-state index < -0.39 is 35.4 Å². The molecule has 158 valence electrons. The van der Waals surface area contributed by atoms with Crippen molar-refractivity contribution in [1.29, 1.82) is 0 Å². The zero-order valence-electron chi connectivity index (χ0n) is 13.9. The number of ether oxygens (including phenoxy) is 1. The molecule has 2 aromatic carbocycles. The second-order valence-corrected chi connectivity index (χ2v) is 5.74. The highest BCUT2D eigenvalue weighted by molar-refractivity contribution is 5.92. The first kappa shape index (κ1) is 22.4. The molecule has 1 amide bonds. The Hall–Kier alpha value is -2.92. The molecular formula is C17H10F9NO2. The molecule has 0 unspecified atom stereocenters. The molecule has 2 rings (SSSR count). The molecular weight excluding hydrogens is 421 g/mol. The minimum Gasteiger partial charge on any atom is -0.457 e. The van der Waals surface area contributed by atoms with Crippen molar-refractivity contribution in [3.63, 3.8) is 0 Å². The molecule has 0 aromatic heterocycles. The van der Waals surface area contributed by atoms with Gasteiger partial charge in [0.2, 0.25) is 5.91 Å². The van der Waals surface area contributed by atoms with Crippen molar-refractivity contribution in [2.24, 2.45) is 5.73 Å². The summed E-state index contributed by atoms with van der Waals surface area (Å²) in [5, 5.41) is 0. The lowest BCUT2D eigenvalue weighted by Gasteiger charge is -2.33. The van der Waals surface area contributed by atoms with Crippen LogP contribution in [0.15, 0.2) is 48.5 Å². The van der Waals surface area contributed by atoms with E-state index in [9.17, 15) is 44.3 Å². The molecule has 0 spiro atoms. The number of primary amides is 1. The number of nitrogens with two attached hydrogens (primary N) is 1. The van der Waals surface area contributed by atoms with Gasteiger partial charge in [-0.3, -0.25) is 4.79 Å². The lowest BCUT2D eigenvalue weighted by Crippen LogP contribution is -2.59. The minimum atomic E-state index is -6.97. The molecule has 0 aliphatic rings. The quantitative estimate of drug-likeness (QED) is 0.614. The fourth-order valence-corrected chi connectivity index (χ4v) is 2.11. The number of carbonyl (C=O) groups is 1. The predicted octanol–water partition coefficient (Wildman–Crippen LogP) is 5.50. The van der Waals surface area contributed by atoms with Gasteiger partial charge in [0.05, 0.1) is 0 Å². The Morgan fingerprint density at radius 2 is 1.10 bits per heavy atom. The van der Waals surface area contributed by atoms with E-state index in [1.807, 2.05) is 0 Å². The van der Waals surface area contributed by atoms with Gasteiger partial charge in [0, 0.05) is 11.1 Å². The number of alkyl halides is 9. The van der Waals surface area contributed by atoms with E-state index >= 15 is 0 Å². The Morgan fingerprint density at radius 1 is 0.690 bits per heavy atom. The van der Waals surface area contributed by atoms with Crippen LogP contribution in [-0.4, -0.2) is 23.9 Å². The summed E-state index contributed by atoms with van der Waals surface area (Å²) < 4.78 is 122. The molecule has 0 saturated heterocycles. The van der Waals surface area contributed by atoms with Crippen LogP contribution < -0.4 is 10.5 Å². The van der Waals surface area contributed by atoms with E-state index in [0.717, 1.165) is 0 Å². The van der Waals surface area contributed by atoms with Gasteiger partial charge in [-0.25, -0.2) is 0 Å². The maximum absolute atomic E-state index is 13.8. The molecule has 0 atom stereocenters. The Morgan fingerprint density at radius 3 is 1.48 bits per heavy atom. The maximum Gasteiger partial charge on any atom is 0.460 e. The van der Waals surface area contributed by atoms with Gasteiger partial charge in [-0.2, -0.15) is 39.5 Å². The molecule has 0 saturated carbocycles. The minimum absolute atomic E-state index is 0.0726. The van der Waals surface area contributed by atoms with Crippen LogP contribution in [-0.2, 0) is 5.92 Å². The number of carbonyl (C=O) groups excluding carboxylic acids is 1. The summed E-state index contributed by atoms with van der Waals surface area (Å²) in [6.45, 7) is 0.